The summed E-state index contributed by atoms with van der Waals surface area (Å²) in [5.74, 6) is 0.802. The maximum Gasteiger partial charge on any atom is 0.260 e. The number of nitrogens with zero attached hydrogens (tertiary/aromatic N) is 1. The van der Waals surface area contributed by atoms with E-state index >= 15 is 0 Å². The number of benzene rings is 1. The Morgan fingerprint density at radius 3 is 2.78 bits per heavy atom. The first-order valence-electron chi connectivity index (χ1n) is 7.94. The number of carbonyl (C=O) groups excluding carboxylic acids is 1. The van der Waals surface area contributed by atoms with E-state index in [2.05, 4.69) is 15.6 Å². The zero-order valence-corrected chi connectivity index (χ0v) is 13.7. The zero-order valence-electron chi connectivity index (χ0n) is 12.9. The van der Waals surface area contributed by atoms with Gasteiger partial charge in [-0.25, -0.2) is 4.98 Å². The van der Waals surface area contributed by atoms with Crippen LogP contribution in [-0.4, -0.2) is 29.0 Å². The van der Waals surface area contributed by atoms with Gasteiger partial charge < -0.3 is 15.1 Å². The van der Waals surface area contributed by atoms with Crippen LogP contribution in [0.2, 0.25) is 0 Å². The van der Waals surface area contributed by atoms with Crippen molar-refractivity contribution in [1.82, 2.24) is 15.6 Å². The van der Waals surface area contributed by atoms with E-state index in [0.29, 0.717) is 22.9 Å². The Hall–Kier alpha value is -1.79. The van der Waals surface area contributed by atoms with Crippen LogP contribution in [0.1, 0.15) is 35.4 Å². The molecule has 2 aromatic rings. The molecule has 2 bridgehead atoms. The van der Waals surface area contributed by atoms with Gasteiger partial charge in [-0.3, -0.25) is 4.79 Å². The lowest BCUT2D eigenvalue weighted by molar-refractivity contribution is 0.0931. The molecular weight excluding hydrogens is 310 g/mol. The number of hydrogen-bond acceptors (Lipinski definition) is 5. The Bertz CT molecular complexity index is 713. The number of aromatic nitrogens is 1. The van der Waals surface area contributed by atoms with Crippen molar-refractivity contribution in [2.75, 3.05) is 0 Å². The highest BCUT2D eigenvalue weighted by atomic mass is 32.2. The van der Waals surface area contributed by atoms with Gasteiger partial charge in [-0.15, -0.1) is 0 Å². The van der Waals surface area contributed by atoms with Gasteiger partial charge in [0, 0.05) is 28.6 Å². The molecule has 0 aliphatic carbocycles. The molecule has 1 amide bonds. The molecule has 2 aliphatic rings. The van der Waals surface area contributed by atoms with Gasteiger partial charge in [0.2, 0.25) is 0 Å². The summed E-state index contributed by atoms with van der Waals surface area (Å²) < 4.78 is 5.45. The number of fused-ring (bicyclic) bond motifs is 2. The zero-order chi connectivity index (χ0) is 15.8. The fraction of sp³-hybridized carbons (Fsp3) is 0.412. The van der Waals surface area contributed by atoms with Gasteiger partial charge in [0.05, 0.1) is 6.20 Å². The number of rotatable bonds is 4. The van der Waals surface area contributed by atoms with E-state index in [1.54, 1.807) is 6.20 Å². The second-order valence-corrected chi connectivity index (χ2v) is 7.25. The molecule has 2 fully saturated rings. The second-order valence-electron chi connectivity index (χ2n) is 6.23. The Morgan fingerprint density at radius 2 is 2.17 bits per heavy atom. The summed E-state index contributed by atoms with van der Waals surface area (Å²) in [6.07, 6.45) is 5.16. The molecule has 5 nitrogen and oxygen atoms in total. The van der Waals surface area contributed by atoms with Gasteiger partial charge >= 0.3 is 0 Å². The van der Waals surface area contributed by atoms with Crippen molar-refractivity contribution in [2.45, 2.75) is 54.4 Å². The molecular formula is C17H19N3O2S. The van der Waals surface area contributed by atoms with Crippen LogP contribution >= 0.6 is 11.8 Å². The smallest absolute Gasteiger partial charge is 0.260 e. The predicted octanol–water partition coefficient (Wildman–Crippen LogP) is 2.76. The first kappa shape index (κ1) is 14.8. The van der Waals surface area contributed by atoms with E-state index in [1.165, 1.54) is 24.6 Å². The summed E-state index contributed by atoms with van der Waals surface area (Å²) in [7, 11) is 0. The van der Waals surface area contributed by atoms with E-state index in [0.717, 1.165) is 17.1 Å². The number of aryl methyl sites for hydroxylation is 1. The average molecular weight is 329 g/mol. The van der Waals surface area contributed by atoms with Crippen molar-refractivity contribution in [2.24, 2.45) is 0 Å². The maximum absolute atomic E-state index is 12.4. The molecule has 2 saturated heterocycles. The maximum atomic E-state index is 12.4. The molecule has 0 unspecified atom stereocenters. The van der Waals surface area contributed by atoms with Crippen molar-refractivity contribution in [3.05, 3.63) is 41.8 Å². The molecule has 0 spiro atoms. The molecule has 2 aliphatic heterocycles. The summed E-state index contributed by atoms with van der Waals surface area (Å²) in [6.45, 7) is 1.87. The van der Waals surface area contributed by atoms with E-state index in [4.69, 9.17) is 4.42 Å². The fourth-order valence-corrected chi connectivity index (χ4v) is 4.14. The Kier molecular flexibility index (Phi) is 3.87. The fourth-order valence-electron chi connectivity index (χ4n) is 3.39. The average Bonchev–Trinajstić information content (AvgIpc) is 3.25. The molecule has 3 atom stereocenters. The van der Waals surface area contributed by atoms with Crippen LogP contribution < -0.4 is 10.6 Å². The Balaban J connectivity index is 1.38. The van der Waals surface area contributed by atoms with E-state index < -0.39 is 0 Å². The SMILES string of the molecule is Cc1cnc(Sc2ccc(C(=O)N[C@@H]3C[C@H]4CC[C@@H]3N4)cc2)o1. The second kappa shape index (κ2) is 6.02. The van der Waals surface area contributed by atoms with Crippen LogP contribution in [0.15, 0.2) is 45.0 Å². The van der Waals surface area contributed by atoms with Crippen molar-refractivity contribution >= 4 is 17.7 Å². The van der Waals surface area contributed by atoms with Gasteiger partial charge in [-0.2, -0.15) is 0 Å². The van der Waals surface area contributed by atoms with Gasteiger partial charge in [0.1, 0.15) is 5.76 Å². The van der Waals surface area contributed by atoms with Crippen molar-refractivity contribution in [1.29, 1.82) is 0 Å². The monoisotopic (exact) mass is 329 g/mol. The molecule has 6 heteroatoms. The molecule has 120 valence electrons. The van der Waals surface area contributed by atoms with E-state index in [9.17, 15) is 4.79 Å². The summed E-state index contributed by atoms with van der Waals surface area (Å²) in [4.78, 5) is 17.5. The lowest BCUT2D eigenvalue weighted by atomic mass is 9.95. The standard InChI is InChI=1S/C17H19N3O2S/c1-10-9-18-17(22-10)23-13-5-2-11(3-6-13)16(21)20-15-8-12-4-7-14(15)19-12/h2-3,5-6,9,12,14-15,19H,4,7-8H2,1H3,(H,20,21)/t12-,14+,15-/m1/s1. The van der Waals surface area contributed by atoms with Gasteiger partial charge in [-0.1, -0.05) is 0 Å². The van der Waals surface area contributed by atoms with Gasteiger partial charge in [-0.05, 0) is 62.2 Å². The van der Waals surface area contributed by atoms with E-state index in [-0.39, 0.29) is 11.9 Å². The normalized spacial score (nSPS) is 25.7. The highest BCUT2D eigenvalue weighted by Crippen LogP contribution is 2.29. The summed E-state index contributed by atoms with van der Waals surface area (Å²) in [5, 5.41) is 7.32. The summed E-state index contributed by atoms with van der Waals surface area (Å²) in [6, 6.07) is 8.88. The number of hydrogen-bond donors (Lipinski definition) is 2. The van der Waals surface area contributed by atoms with Crippen molar-refractivity contribution in [3.8, 4) is 0 Å². The Labute approximate surface area is 139 Å². The van der Waals surface area contributed by atoms with Crippen LogP contribution in [0, 0.1) is 6.92 Å². The molecule has 0 saturated carbocycles. The minimum absolute atomic E-state index is 0.00729. The number of oxazole rings is 1. The first-order chi connectivity index (χ1) is 11.2. The summed E-state index contributed by atoms with van der Waals surface area (Å²) in [5.41, 5.74) is 0.695. The van der Waals surface area contributed by atoms with Crippen LogP contribution in [0.5, 0.6) is 0 Å². The molecule has 4 rings (SSSR count). The third-order valence-electron chi connectivity index (χ3n) is 4.54. The van der Waals surface area contributed by atoms with Gasteiger partial charge in [0.25, 0.3) is 11.1 Å². The summed E-state index contributed by atoms with van der Waals surface area (Å²) >= 11 is 1.45. The number of amides is 1. The largest absolute Gasteiger partial charge is 0.437 e. The van der Waals surface area contributed by atoms with E-state index in [1.807, 2.05) is 31.2 Å². The van der Waals surface area contributed by atoms with Crippen molar-refractivity contribution in [3.63, 3.8) is 0 Å². The van der Waals surface area contributed by atoms with Crippen molar-refractivity contribution < 1.29 is 9.21 Å². The van der Waals surface area contributed by atoms with Gasteiger partial charge in [0.15, 0.2) is 0 Å². The van der Waals surface area contributed by atoms with Crippen LogP contribution in [0.4, 0.5) is 0 Å². The molecule has 1 aromatic heterocycles. The molecule has 2 N–H and O–H groups in total. The Morgan fingerprint density at radius 1 is 1.35 bits per heavy atom. The minimum Gasteiger partial charge on any atom is -0.437 e. The lowest BCUT2D eigenvalue weighted by Crippen LogP contribution is -2.42. The third-order valence-corrected chi connectivity index (χ3v) is 5.41. The highest BCUT2D eigenvalue weighted by molar-refractivity contribution is 7.99. The highest BCUT2D eigenvalue weighted by Gasteiger charge is 2.39. The molecule has 0 radical (unpaired) electrons. The number of carbonyl (C=O) groups is 1. The minimum atomic E-state index is 0.00729. The number of nitrogens with one attached hydrogen (secondary N) is 2. The van der Waals surface area contributed by atoms with Crippen LogP contribution in [0.25, 0.3) is 0 Å². The van der Waals surface area contributed by atoms with Crippen LogP contribution in [0.3, 0.4) is 0 Å². The molecule has 1 aromatic carbocycles. The molecule has 3 heterocycles. The third kappa shape index (κ3) is 3.14. The first-order valence-corrected chi connectivity index (χ1v) is 8.76. The quantitative estimate of drug-likeness (QED) is 0.903. The lowest BCUT2D eigenvalue weighted by Gasteiger charge is -2.21. The molecule has 23 heavy (non-hydrogen) atoms. The van der Waals surface area contributed by atoms with Crippen LogP contribution in [-0.2, 0) is 0 Å². The topological polar surface area (TPSA) is 67.2 Å². The predicted molar refractivity (Wildman–Crippen MR) is 87.6 cm³/mol.